The molecule has 0 bridgehead atoms. The van der Waals surface area contributed by atoms with E-state index in [-0.39, 0.29) is 0 Å². The summed E-state index contributed by atoms with van der Waals surface area (Å²) in [6, 6.07) is 9.37. The number of para-hydroxylation sites is 1. The third-order valence-corrected chi connectivity index (χ3v) is 3.21. The van der Waals surface area contributed by atoms with Crippen LogP contribution in [-0.4, -0.2) is 50.5 Å². The molecule has 2 N–H and O–H groups in total. The lowest BCUT2D eigenvalue weighted by Crippen LogP contribution is -2.32. The van der Waals surface area contributed by atoms with Gasteiger partial charge in [-0.2, -0.15) is 4.98 Å². The third-order valence-electron chi connectivity index (χ3n) is 3.21. The van der Waals surface area contributed by atoms with Gasteiger partial charge in [-0.05, 0) is 12.1 Å². The predicted octanol–water partition coefficient (Wildman–Crippen LogP) is 1.95. The lowest BCUT2D eigenvalue weighted by atomic mass is 10.3. The van der Waals surface area contributed by atoms with E-state index in [9.17, 15) is 0 Å². The molecule has 1 aromatic heterocycles. The summed E-state index contributed by atoms with van der Waals surface area (Å²) in [5.41, 5.74) is 6.59. The van der Waals surface area contributed by atoms with Crippen LogP contribution in [-0.2, 0) is 9.47 Å². The van der Waals surface area contributed by atoms with Crippen LogP contribution in [0.25, 0.3) is 0 Å². The SMILES string of the molecule is COCCN(CCOC)c1ncnc(Oc2ccccc2)c1N. The van der Waals surface area contributed by atoms with Crippen LogP contribution < -0.4 is 15.4 Å². The van der Waals surface area contributed by atoms with E-state index in [2.05, 4.69) is 9.97 Å². The summed E-state index contributed by atoms with van der Waals surface area (Å²) in [5, 5.41) is 0. The minimum absolute atomic E-state index is 0.334. The minimum atomic E-state index is 0.334. The van der Waals surface area contributed by atoms with Crippen molar-refractivity contribution in [1.29, 1.82) is 0 Å². The van der Waals surface area contributed by atoms with Crippen LogP contribution in [0.5, 0.6) is 11.6 Å². The first kappa shape index (κ1) is 17.0. The summed E-state index contributed by atoms with van der Waals surface area (Å²) in [4.78, 5) is 10.4. The van der Waals surface area contributed by atoms with E-state index in [1.54, 1.807) is 14.2 Å². The van der Waals surface area contributed by atoms with Crippen LogP contribution in [0, 0.1) is 0 Å². The first-order valence-electron chi connectivity index (χ1n) is 7.32. The molecule has 0 aliphatic rings. The molecule has 7 nitrogen and oxygen atoms in total. The monoisotopic (exact) mass is 318 g/mol. The largest absolute Gasteiger partial charge is 0.437 e. The van der Waals surface area contributed by atoms with Gasteiger partial charge in [-0.25, -0.2) is 4.98 Å². The Balaban J connectivity index is 2.21. The zero-order chi connectivity index (χ0) is 16.5. The first-order valence-corrected chi connectivity index (χ1v) is 7.32. The maximum Gasteiger partial charge on any atom is 0.248 e. The fourth-order valence-electron chi connectivity index (χ4n) is 2.03. The average Bonchev–Trinajstić information content (AvgIpc) is 2.58. The number of ether oxygens (including phenoxy) is 3. The highest BCUT2D eigenvalue weighted by molar-refractivity contribution is 5.68. The summed E-state index contributed by atoms with van der Waals surface area (Å²) >= 11 is 0. The van der Waals surface area contributed by atoms with Gasteiger partial charge in [-0.3, -0.25) is 0 Å². The van der Waals surface area contributed by atoms with E-state index in [1.807, 2.05) is 35.2 Å². The van der Waals surface area contributed by atoms with Gasteiger partial charge in [0.15, 0.2) is 5.82 Å². The third kappa shape index (κ3) is 4.80. The number of nitrogen functional groups attached to an aromatic ring is 1. The van der Waals surface area contributed by atoms with Crippen molar-refractivity contribution in [3.05, 3.63) is 36.7 Å². The zero-order valence-corrected chi connectivity index (χ0v) is 13.4. The normalized spacial score (nSPS) is 10.5. The number of hydrogen-bond acceptors (Lipinski definition) is 7. The molecule has 2 aromatic rings. The highest BCUT2D eigenvalue weighted by Crippen LogP contribution is 2.31. The first-order chi connectivity index (χ1) is 11.3. The van der Waals surface area contributed by atoms with Crippen molar-refractivity contribution in [3.63, 3.8) is 0 Å². The van der Waals surface area contributed by atoms with E-state index in [0.717, 1.165) is 0 Å². The number of benzene rings is 1. The molecule has 23 heavy (non-hydrogen) atoms. The Morgan fingerprint density at radius 3 is 2.26 bits per heavy atom. The molecule has 0 aliphatic heterocycles. The highest BCUT2D eigenvalue weighted by Gasteiger charge is 2.16. The van der Waals surface area contributed by atoms with Crippen molar-refractivity contribution in [1.82, 2.24) is 9.97 Å². The van der Waals surface area contributed by atoms with Crippen molar-refractivity contribution < 1.29 is 14.2 Å². The van der Waals surface area contributed by atoms with Gasteiger partial charge in [0, 0.05) is 27.3 Å². The Kier molecular flexibility index (Phi) is 6.58. The van der Waals surface area contributed by atoms with Gasteiger partial charge in [0.1, 0.15) is 17.8 Å². The van der Waals surface area contributed by atoms with E-state index in [1.165, 1.54) is 6.33 Å². The van der Waals surface area contributed by atoms with Crippen LogP contribution in [0.1, 0.15) is 0 Å². The predicted molar refractivity (Wildman–Crippen MR) is 88.9 cm³/mol. The summed E-state index contributed by atoms with van der Waals surface area (Å²) in [7, 11) is 3.31. The Labute approximate surface area is 136 Å². The molecule has 2 rings (SSSR count). The van der Waals surface area contributed by atoms with Crippen molar-refractivity contribution in [2.24, 2.45) is 0 Å². The second kappa shape index (κ2) is 8.92. The van der Waals surface area contributed by atoms with Crippen LogP contribution in [0.3, 0.4) is 0 Å². The molecule has 0 amide bonds. The van der Waals surface area contributed by atoms with Crippen LogP contribution in [0.15, 0.2) is 36.7 Å². The molecule has 0 spiro atoms. The van der Waals surface area contributed by atoms with E-state index in [4.69, 9.17) is 19.9 Å². The highest BCUT2D eigenvalue weighted by atomic mass is 16.5. The molecule has 7 heteroatoms. The molecule has 0 saturated carbocycles. The lowest BCUT2D eigenvalue weighted by Gasteiger charge is -2.24. The Bertz CT molecular complexity index is 587. The smallest absolute Gasteiger partial charge is 0.248 e. The van der Waals surface area contributed by atoms with Gasteiger partial charge in [-0.1, -0.05) is 18.2 Å². The molecule has 1 aromatic carbocycles. The Morgan fingerprint density at radius 2 is 1.65 bits per heavy atom. The van der Waals surface area contributed by atoms with Crippen molar-refractivity contribution in [2.75, 3.05) is 51.2 Å². The van der Waals surface area contributed by atoms with Crippen molar-refractivity contribution in [3.8, 4) is 11.6 Å². The molecule has 1 heterocycles. The quantitative estimate of drug-likeness (QED) is 0.756. The lowest BCUT2D eigenvalue weighted by molar-refractivity contribution is 0.190. The Hall–Kier alpha value is -2.38. The van der Waals surface area contributed by atoms with Gasteiger partial charge in [0.25, 0.3) is 0 Å². The second-order valence-electron chi connectivity index (χ2n) is 4.80. The molecule has 0 unspecified atom stereocenters. The van der Waals surface area contributed by atoms with Crippen LogP contribution in [0.2, 0.25) is 0 Å². The number of hydrogen-bond donors (Lipinski definition) is 1. The molecule has 0 aliphatic carbocycles. The van der Waals surface area contributed by atoms with Gasteiger partial charge in [-0.15, -0.1) is 0 Å². The van der Waals surface area contributed by atoms with Gasteiger partial charge in [0.2, 0.25) is 5.88 Å². The molecule has 0 radical (unpaired) electrons. The fraction of sp³-hybridized carbons (Fsp3) is 0.375. The number of aromatic nitrogens is 2. The molecular formula is C16H22N4O3. The Morgan fingerprint density at radius 1 is 1.00 bits per heavy atom. The number of methoxy groups -OCH3 is 2. The van der Waals surface area contributed by atoms with Crippen molar-refractivity contribution in [2.45, 2.75) is 0 Å². The number of anilines is 2. The van der Waals surface area contributed by atoms with Crippen LogP contribution in [0.4, 0.5) is 11.5 Å². The minimum Gasteiger partial charge on any atom is -0.437 e. The maximum absolute atomic E-state index is 6.20. The maximum atomic E-state index is 6.20. The number of nitrogens with two attached hydrogens (primary N) is 1. The summed E-state index contributed by atoms with van der Waals surface area (Å²) < 4.78 is 16.0. The summed E-state index contributed by atoms with van der Waals surface area (Å²) in [5.74, 6) is 1.62. The molecule has 0 atom stereocenters. The molecular weight excluding hydrogens is 296 g/mol. The number of rotatable bonds is 9. The fourth-order valence-corrected chi connectivity index (χ4v) is 2.03. The van der Waals surface area contributed by atoms with E-state index < -0.39 is 0 Å². The molecule has 124 valence electrons. The van der Waals surface area contributed by atoms with E-state index in [0.29, 0.717) is 49.4 Å². The van der Waals surface area contributed by atoms with E-state index >= 15 is 0 Å². The molecule has 0 fully saturated rings. The molecule has 0 saturated heterocycles. The second-order valence-corrected chi connectivity index (χ2v) is 4.80. The van der Waals surface area contributed by atoms with Gasteiger partial charge in [0.05, 0.1) is 13.2 Å². The zero-order valence-electron chi connectivity index (χ0n) is 13.4. The topological polar surface area (TPSA) is 82.7 Å². The van der Waals surface area contributed by atoms with Crippen LogP contribution >= 0.6 is 0 Å². The average molecular weight is 318 g/mol. The summed E-state index contributed by atoms with van der Waals surface area (Å²) in [6.45, 7) is 2.40. The van der Waals surface area contributed by atoms with Gasteiger partial charge < -0.3 is 24.8 Å². The summed E-state index contributed by atoms with van der Waals surface area (Å²) in [6.07, 6.45) is 1.44. The number of nitrogens with zero attached hydrogens (tertiary/aromatic N) is 3. The van der Waals surface area contributed by atoms with Gasteiger partial charge >= 0.3 is 0 Å². The van der Waals surface area contributed by atoms with Crippen molar-refractivity contribution >= 4 is 11.5 Å². The standard InChI is InChI=1S/C16H22N4O3/c1-21-10-8-20(9-11-22-2)15-14(17)16(19-12-18-15)23-13-6-4-3-5-7-13/h3-7,12H,8-11,17H2,1-2H3.